The van der Waals surface area contributed by atoms with Crippen molar-refractivity contribution >= 4 is 56.6 Å². The first-order valence-electron chi connectivity index (χ1n) is 51.2. The van der Waals surface area contributed by atoms with Crippen LogP contribution in [0.4, 0.5) is 0 Å². The molecular weight excluding hydrogens is 1760 g/mol. The zero-order valence-electron chi connectivity index (χ0n) is 87.4. The SMILES string of the molecule is C=CC(C/C=C\COC(=O)CCN(CC)CCCCCCCC)CC/C=C/COC(=O)CCC.C=CC(C/C=C\COC(=O)CCN(CC)CCC[Si](OC)(OC)OC)CC/C=C/COC(=O)CCC.C=CC(C/C=C\COC(=O)CCN(CC)CCN(CCO)CCO)CC/C=C/COC(=O)CCC.C=CC(C/C=C\COC(=O)CCN(CC)CCOCCO)CC/C=C/COC(=O)CCC. The van der Waals surface area contributed by atoms with Gasteiger partial charge in [-0.15, -0.1) is 26.3 Å². The molecule has 0 aliphatic carbocycles. The molecule has 0 bridgehead atoms. The average molecular weight is 1960 g/mol. The van der Waals surface area contributed by atoms with Crippen LogP contribution in [0.15, 0.2) is 148 Å². The minimum Gasteiger partial charge on any atom is -0.461 e. The molecule has 0 saturated heterocycles. The monoisotopic (exact) mass is 1950 g/mol. The lowest BCUT2D eigenvalue weighted by atomic mass is 9.99. The number of carbonyl (C=O) groups is 8. The smallest absolute Gasteiger partial charge is 0.461 e. The first-order chi connectivity index (χ1) is 66.5. The highest BCUT2D eigenvalue weighted by molar-refractivity contribution is 6.60. The molecule has 0 aromatic heterocycles. The molecular formula is C108H191N5O23Si. The van der Waals surface area contributed by atoms with E-state index in [-0.39, 0.29) is 87.4 Å². The molecule has 29 heteroatoms. The van der Waals surface area contributed by atoms with E-state index in [4.69, 9.17) is 71.2 Å². The van der Waals surface area contributed by atoms with Gasteiger partial charge in [0.05, 0.1) is 58.7 Å². The third-order valence-electron chi connectivity index (χ3n) is 22.2. The highest BCUT2D eigenvalue weighted by Crippen LogP contribution is 2.20. The number of aliphatic hydroxyl groups excluding tert-OH is 3. The predicted molar refractivity (Wildman–Crippen MR) is 556 cm³/mol. The summed E-state index contributed by atoms with van der Waals surface area (Å²) in [5.41, 5.74) is 0. The minimum atomic E-state index is -2.55. The third-order valence-corrected chi connectivity index (χ3v) is 25.0. The fourth-order valence-corrected chi connectivity index (χ4v) is 15.1. The van der Waals surface area contributed by atoms with Crippen LogP contribution >= 0.6 is 0 Å². The van der Waals surface area contributed by atoms with Crippen LogP contribution in [0, 0.1) is 23.7 Å². The van der Waals surface area contributed by atoms with Gasteiger partial charge in [-0.05, 0) is 179 Å². The highest BCUT2D eigenvalue weighted by atomic mass is 28.4. The molecule has 4 atom stereocenters. The van der Waals surface area contributed by atoms with E-state index in [1.807, 2.05) is 162 Å². The van der Waals surface area contributed by atoms with Crippen molar-refractivity contribution in [2.75, 3.05) is 205 Å². The summed E-state index contributed by atoms with van der Waals surface area (Å²) in [6.45, 7) is 48.9. The summed E-state index contributed by atoms with van der Waals surface area (Å²) < 4.78 is 63.2. The fourth-order valence-electron chi connectivity index (χ4n) is 13.4. The molecule has 4 unspecified atom stereocenters. The fraction of sp³-hybridized carbons (Fsp3) is 0.704. The van der Waals surface area contributed by atoms with E-state index >= 15 is 0 Å². The topological polar surface area (TPSA) is 324 Å². The van der Waals surface area contributed by atoms with E-state index in [1.165, 1.54) is 38.5 Å². The number of esters is 8. The lowest BCUT2D eigenvalue weighted by Crippen LogP contribution is -2.43. The number of unbranched alkanes of at least 4 members (excludes halogenated alkanes) is 5. The number of hydrogen-bond donors (Lipinski definition) is 3. The molecule has 137 heavy (non-hydrogen) atoms. The summed E-state index contributed by atoms with van der Waals surface area (Å²) in [5.74, 6) is 0.0383. The van der Waals surface area contributed by atoms with Crippen molar-refractivity contribution in [3.63, 3.8) is 0 Å². The van der Waals surface area contributed by atoms with Gasteiger partial charge in [-0.1, -0.05) is 216 Å². The Balaban J connectivity index is -0.000000862. The number of ether oxygens (including phenoxy) is 9. The standard InChI is InChI=1S/C29H51NO4.C27H48N2O6.C27H49NO7Si.C25H43NO6/c1-5-9-10-11-12-16-23-30(8-4)24-22-29(32)34-26-18-15-21-27(7-3)20-14-13-17-25-33-28(31)19-6-2;1-4-12-26(32)34-23-10-7-8-13-25(5-2)14-9-11-24-35-27(33)15-16-28(6-3)17-18-29(19-21-30)20-22-31;1-7-16-26(29)34-22-13-10-11-17-25(8-2)18-12-14-23-35-27(30)19-21-28(9-3)20-15-24-36(31-4,32-5)33-6;1-4-12-24(28)31-19-10-7-8-13-23(5-2)14-9-11-20-32-25(29)15-16-26(6-3)17-21-30-22-18-27/h7,13,15,17-18,27H,3,5-6,8-12,14,16,19-26H2,1-2,4H3;5,7,9-11,25,30-31H,2,4,6,8,12-24H2,1,3H3;8,10,12-14,25H,2,7,9,11,15-24H2,1,3-6H3;5,7,9-11,23,27H,2,4,6,8,12-22H2,1,3H3/b17-13+,18-15-;10-7+,11-9-;13-10+,14-12-;10-7+,11-9-. The van der Waals surface area contributed by atoms with Gasteiger partial charge in [0.1, 0.15) is 52.9 Å². The van der Waals surface area contributed by atoms with Crippen LogP contribution in [0.25, 0.3) is 0 Å². The van der Waals surface area contributed by atoms with E-state index in [0.717, 1.165) is 181 Å². The molecule has 0 aliphatic heterocycles. The Morgan fingerprint density at radius 2 is 0.526 bits per heavy atom. The van der Waals surface area contributed by atoms with Crippen molar-refractivity contribution < 1.29 is 110 Å². The summed E-state index contributed by atoms with van der Waals surface area (Å²) in [5, 5.41) is 26.9. The van der Waals surface area contributed by atoms with Gasteiger partial charge in [-0.3, -0.25) is 43.3 Å². The molecule has 0 aromatic rings. The predicted octanol–water partition coefficient (Wildman–Crippen LogP) is 18.6. The Hall–Kier alpha value is -7.62. The van der Waals surface area contributed by atoms with E-state index in [1.54, 1.807) is 21.3 Å². The van der Waals surface area contributed by atoms with Crippen LogP contribution in [-0.2, 0) is 94.3 Å². The quantitative estimate of drug-likeness (QED) is 0.0167. The van der Waals surface area contributed by atoms with Crippen molar-refractivity contribution in [2.24, 2.45) is 23.7 Å². The molecule has 0 amide bonds. The Kier molecular flexibility index (Phi) is 103. The Morgan fingerprint density at radius 1 is 0.270 bits per heavy atom. The number of likely N-dealkylation sites (N-methyl/N-ethyl adjacent to an activating group) is 2. The van der Waals surface area contributed by atoms with Crippen molar-refractivity contribution in [2.45, 2.75) is 267 Å². The maximum Gasteiger partial charge on any atom is 0.500 e. The second-order valence-corrected chi connectivity index (χ2v) is 36.1. The van der Waals surface area contributed by atoms with Crippen molar-refractivity contribution in [1.29, 1.82) is 0 Å². The van der Waals surface area contributed by atoms with E-state index in [9.17, 15) is 38.4 Å². The van der Waals surface area contributed by atoms with Gasteiger partial charge in [-0.2, -0.15) is 0 Å². The Labute approximate surface area is 830 Å². The van der Waals surface area contributed by atoms with Crippen LogP contribution < -0.4 is 0 Å². The zero-order valence-corrected chi connectivity index (χ0v) is 88.4. The number of allylic oxidation sites excluding steroid dienone is 12. The maximum absolute atomic E-state index is 12.1. The van der Waals surface area contributed by atoms with E-state index < -0.39 is 8.80 Å². The zero-order chi connectivity index (χ0) is 102. The van der Waals surface area contributed by atoms with Crippen LogP contribution in [0.3, 0.4) is 0 Å². The molecule has 0 saturated carbocycles. The maximum atomic E-state index is 12.1. The lowest BCUT2D eigenvalue weighted by molar-refractivity contribution is -0.143. The number of hydrogen-bond acceptors (Lipinski definition) is 28. The second-order valence-electron chi connectivity index (χ2n) is 33.0. The molecule has 0 radical (unpaired) electrons. The second kappa shape index (κ2) is 104. The molecule has 0 rings (SSSR count). The lowest BCUT2D eigenvalue weighted by Gasteiger charge is -2.26. The summed E-state index contributed by atoms with van der Waals surface area (Å²) in [4.78, 5) is 104. The molecule has 790 valence electrons. The Bertz CT molecular complexity index is 3180. The van der Waals surface area contributed by atoms with Crippen LogP contribution in [0.5, 0.6) is 0 Å². The normalized spacial score (nSPS) is 12.6. The number of carbonyl (C=O) groups excluding carboxylic acids is 8. The number of rotatable bonds is 90. The molecule has 3 N–H and O–H groups in total. The highest BCUT2D eigenvalue weighted by Gasteiger charge is 2.37. The first-order valence-corrected chi connectivity index (χ1v) is 53.1. The van der Waals surface area contributed by atoms with Crippen molar-refractivity contribution in [3.05, 3.63) is 148 Å². The van der Waals surface area contributed by atoms with Crippen molar-refractivity contribution in [3.8, 4) is 0 Å². The van der Waals surface area contributed by atoms with Gasteiger partial charge < -0.3 is 90.8 Å². The minimum absolute atomic E-state index is 0.0222. The molecule has 0 heterocycles. The van der Waals surface area contributed by atoms with Crippen LogP contribution in [0.2, 0.25) is 6.04 Å². The van der Waals surface area contributed by atoms with Gasteiger partial charge >= 0.3 is 56.6 Å². The number of nitrogens with zero attached hydrogens (tertiary/aromatic N) is 5. The largest absolute Gasteiger partial charge is 0.500 e. The first kappa shape index (κ1) is 136. The summed E-state index contributed by atoms with van der Waals surface area (Å²) in [6, 6.07) is 0.735. The van der Waals surface area contributed by atoms with Gasteiger partial charge in [-0.25, -0.2) is 0 Å². The summed E-state index contributed by atoms with van der Waals surface area (Å²) >= 11 is 0. The average Bonchev–Trinajstić information content (AvgIpc) is 0.891. The van der Waals surface area contributed by atoms with Gasteiger partial charge in [0.25, 0.3) is 0 Å². The third kappa shape index (κ3) is 91.9. The molecule has 0 fully saturated rings. The molecule has 0 aliphatic rings. The van der Waals surface area contributed by atoms with E-state index in [0.29, 0.717) is 154 Å². The van der Waals surface area contributed by atoms with E-state index in [2.05, 4.69) is 72.8 Å². The van der Waals surface area contributed by atoms with Crippen molar-refractivity contribution in [1.82, 2.24) is 24.5 Å². The summed E-state index contributed by atoms with van der Waals surface area (Å²) in [7, 11) is 2.31. The molecule has 28 nitrogen and oxygen atoms in total. The van der Waals surface area contributed by atoms with Crippen LogP contribution in [0.1, 0.15) is 261 Å². The number of aliphatic hydroxyl groups is 3. The van der Waals surface area contributed by atoms with Gasteiger partial charge in [0, 0.05) is 112 Å². The van der Waals surface area contributed by atoms with Gasteiger partial charge in [0.15, 0.2) is 0 Å². The van der Waals surface area contributed by atoms with Crippen LogP contribution in [-0.4, -0.2) is 302 Å². The molecule has 0 aromatic carbocycles. The molecule has 0 spiro atoms. The van der Waals surface area contributed by atoms with Gasteiger partial charge in [0.2, 0.25) is 0 Å². The Morgan fingerprint density at radius 3 is 0.788 bits per heavy atom. The summed E-state index contributed by atoms with van der Waals surface area (Å²) in [6.07, 6.45) is 65.2.